The summed E-state index contributed by atoms with van der Waals surface area (Å²) in [6.45, 7) is 7.78. The summed E-state index contributed by atoms with van der Waals surface area (Å²) in [6, 6.07) is 9.80. The van der Waals surface area contributed by atoms with Gasteiger partial charge in [-0.2, -0.15) is 4.31 Å². The Morgan fingerprint density at radius 2 is 1.71 bits per heavy atom. The molecule has 0 saturated carbocycles. The molecule has 0 radical (unpaired) electrons. The highest BCUT2D eigenvalue weighted by Crippen LogP contribution is 2.26. The summed E-state index contributed by atoms with van der Waals surface area (Å²) in [5.74, 6) is 0.139. The molecule has 152 valence electrons. The number of halogens is 1. The van der Waals surface area contributed by atoms with Crippen LogP contribution in [-0.2, 0) is 14.8 Å². The van der Waals surface area contributed by atoms with Gasteiger partial charge in [-0.15, -0.1) is 0 Å². The van der Waals surface area contributed by atoms with Crippen molar-refractivity contribution in [3.05, 3.63) is 52.5 Å². The van der Waals surface area contributed by atoms with Gasteiger partial charge < -0.3 is 10.1 Å². The Morgan fingerprint density at radius 3 is 2.29 bits per heavy atom. The summed E-state index contributed by atoms with van der Waals surface area (Å²) in [7, 11) is -3.62. The van der Waals surface area contributed by atoms with Gasteiger partial charge in [0.25, 0.3) is 5.91 Å². The van der Waals surface area contributed by atoms with Crippen LogP contribution in [0.1, 0.15) is 25.0 Å². The van der Waals surface area contributed by atoms with Gasteiger partial charge >= 0.3 is 0 Å². The maximum Gasteiger partial charge on any atom is 0.262 e. The van der Waals surface area contributed by atoms with E-state index in [-0.39, 0.29) is 17.4 Å². The van der Waals surface area contributed by atoms with E-state index >= 15 is 0 Å². The van der Waals surface area contributed by atoms with Gasteiger partial charge in [-0.05, 0) is 61.4 Å². The van der Waals surface area contributed by atoms with Crippen LogP contribution in [0.25, 0.3) is 0 Å². The van der Waals surface area contributed by atoms with Crippen LogP contribution in [0.3, 0.4) is 0 Å². The van der Waals surface area contributed by atoms with E-state index in [2.05, 4.69) is 5.32 Å². The zero-order valence-electron chi connectivity index (χ0n) is 16.5. The number of nitrogens with zero attached hydrogens (tertiary/aromatic N) is 1. The Kier molecular flexibility index (Phi) is 7.46. The van der Waals surface area contributed by atoms with Crippen molar-refractivity contribution >= 4 is 33.2 Å². The number of carbonyl (C=O) groups excluding carboxylic acids is 1. The SMILES string of the molecule is CCN(CC)S(=O)(=O)c1cc(C)c(C)c(NC(=O)COc2ccc(Cl)cc2)c1. The van der Waals surface area contributed by atoms with Crippen LogP contribution >= 0.6 is 11.6 Å². The van der Waals surface area contributed by atoms with Crippen LogP contribution in [-0.4, -0.2) is 38.3 Å². The second-order valence-electron chi connectivity index (χ2n) is 6.29. The number of aryl methyl sites for hydroxylation is 1. The minimum Gasteiger partial charge on any atom is -0.484 e. The van der Waals surface area contributed by atoms with E-state index in [4.69, 9.17) is 16.3 Å². The molecule has 0 aromatic heterocycles. The van der Waals surface area contributed by atoms with Gasteiger partial charge in [0.1, 0.15) is 5.75 Å². The number of nitrogens with one attached hydrogen (secondary N) is 1. The second-order valence-corrected chi connectivity index (χ2v) is 8.67. The normalized spacial score (nSPS) is 11.5. The van der Waals surface area contributed by atoms with Crippen LogP contribution in [0, 0.1) is 13.8 Å². The molecule has 0 unspecified atom stereocenters. The summed E-state index contributed by atoms with van der Waals surface area (Å²) in [5, 5.41) is 3.33. The summed E-state index contributed by atoms with van der Waals surface area (Å²) >= 11 is 5.82. The number of hydrogen-bond donors (Lipinski definition) is 1. The van der Waals surface area contributed by atoms with E-state index in [1.807, 2.05) is 13.8 Å². The van der Waals surface area contributed by atoms with Crippen LogP contribution in [0.2, 0.25) is 5.02 Å². The third kappa shape index (κ3) is 5.25. The van der Waals surface area contributed by atoms with E-state index in [1.165, 1.54) is 10.4 Å². The summed E-state index contributed by atoms with van der Waals surface area (Å²) in [4.78, 5) is 12.5. The number of benzene rings is 2. The first kappa shape index (κ1) is 22.2. The maximum atomic E-state index is 12.8. The standard InChI is InChI=1S/C20H25ClN2O4S/c1-5-23(6-2)28(25,26)18-11-14(3)15(4)19(12-18)22-20(24)13-27-17-9-7-16(21)8-10-17/h7-12H,5-6,13H2,1-4H3,(H,22,24). The Morgan fingerprint density at radius 1 is 1.11 bits per heavy atom. The van der Waals surface area contributed by atoms with Gasteiger partial charge in [-0.1, -0.05) is 25.4 Å². The first-order valence-electron chi connectivity index (χ1n) is 8.98. The number of carbonyl (C=O) groups is 1. The lowest BCUT2D eigenvalue weighted by Crippen LogP contribution is -2.31. The Bertz CT molecular complexity index is 939. The average Bonchev–Trinajstić information content (AvgIpc) is 2.65. The van der Waals surface area contributed by atoms with Crippen molar-refractivity contribution in [1.82, 2.24) is 4.31 Å². The lowest BCUT2D eigenvalue weighted by molar-refractivity contribution is -0.118. The molecule has 0 atom stereocenters. The molecular formula is C20H25ClN2O4S. The third-order valence-corrected chi connectivity index (χ3v) is 6.72. The smallest absolute Gasteiger partial charge is 0.262 e. The molecule has 0 spiro atoms. The highest BCUT2D eigenvalue weighted by Gasteiger charge is 2.23. The van der Waals surface area contributed by atoms with Crippen LogP contribution in [0.4, 0.5) is 5.69 Å². The van der Waals surface area contributed by atoms with E-state index < -0.39 is 10.0 Å². The Labute approximate surface area is 171 Å². The third-order valence-electron chi connectivity index (χ3n) is 4.44. The van der Waals surface area contributed by atoms with Crippen molar-refractivity contribution in [1.29, 1.82) is 0 Å². The fourth-order valence-electron chi connectivity index (χ4n) is 2.68. The number of rotatable bonds is 8. The second kappa shape index (κ2) is 9.41. The van der Waals surface area contributed by atoms with E-state index in [0.717, 1.165) is 11.1 Å². The predicted molar refractivity (Wildman–Crippen MR) is 112 cm³/mol. The molecule has 1 amide bonds. The van der Waals surface area contributed by atoms with Crippen LogP contribution in [0.15, 0.2) is 41.3 Å². The van der Waals surface area contributed by atoms with Gasteiger partial charge in [0, 0.05) is 23.8 Å². The van der Waals surface area contributed by atoms with Crippen LogP contribution < -0.4 is 10.1 Å². The largest absolute Gasteiger partial charge is 0.484 e. The Hall–Kier alpha value is -2.09. The minimum absolute atomic E-state index is 0.160. The van der Waals surface area contributed by atoms with Crippen molar-refractivity contribution in [3.63, 3.8) is 0 Å². The first-order valence-corrected chi connectivity index (χ1v) is 10.8. The molecule has 0 aliphatic rings. The average molecular weight is 425 g/mol. The van der Waals surface area contributed by atoms with E-state index in [9.17, 15) is 13.2 Å². The zero-order chi connectivity index (χ0) is 20.9. The summed E-state index contributed by atoms with van der Waals surface area (Å²) < 4.78 is 32.4. The number of hydrogen-bond acceptors (Lipinski definition) is 4. The van der Waals surface area contributed by atoms with Crippen molar-refractivity contribution in [2.75, 3.05) is 25.0 Å². The minimum atomic E-state index is -3.62. The maximum absolute atomic E-state index is 12.8. The summed E-state index contributed by atoms with van der Waals surface area (Å²) in [6.07, 6.45) is 0. The highest BCUT2D eigenvalue weighted by molar-refractivity contribution is 7.89. The molecule has 28 heavy (non-hydrogen) atoms. The fourth-order valence-corrected chi connectivity index (χ4v) is 4.38. The molecule has 0 aliphatic heterocycles. The van der Waals surface area contributed by atoms with E-state index in [0.29, 0.717) is 29.5 Å². The predicted octanol–water partition coefficient (Wildman–Crippen LogP) is 4.00. The van der Waals surface area contributed by atoms with Crippen molar-refractivity contribution in [2.45, 2.75) is 32.6 Å². The Balaban J connectivity index is 2.19. The van der Waals surface area contributed by atoms with Gasteiger partial charge in [0.2, 0.25) is 10.0 Å². The molecule has 0 saturated heterocycles. The van der Waals surface area contributed by atoms with Gasteiger partial charge in [-0.25, -0.2) is 8.42 Å². The number of amides is 1. The highest BCUT2D eigenvalue weighted by atomic mass is 35.5. The molecule has 1 N–H and O–H groups in total. The zero-order valence-corrected chi connectivity index (χ0v) is 18.0. The van der Waals surface area contributed by atoms with Crippen LogP contribution in [0.5, 0.6) is 5.75 Å². The summed E-state index contributed by atoms with van der Waals surface area (Å²) in [5.41, 5.74) is 2.04. The molecule has 8 heteroatoms. The lowest BCUT2D eigenvalue weighted by Gasteiger charge is -2.20. The number of anilines is 1. The lowest BCUT2D eigenvalue weighted by atomic mass is 10.1. The fraction of sp³-hybridized carbons (Fsp3) is 0.350. The molecule has 0 heterocycles. The van der Waals surface area contributed by atoms with Gasteiger partial charge in [0.05, 0.1) is 4.90 Å². The molecule has 2 aromatic rings. The monoisotopic (exact) mass is 424 g/mol. The number of sulfonamides is 1. The van der Waals surface area contributed by atoms with Gasteiger partial charge in [-0.3, -0.25) is 4.79 Å². The quantitative estimate of drug-likeness (QED) is 0.694. The molecular weight excluding hydrogens is 400 g/mol. The molecule has 0 fully saturated rings. The van der Waals surface area contributed by atoms with Crippen molar-refractivity contribution in [3.8, 4) is 5.75 Å². The van der Waals surface area contributed by atoms with Crippen molar-refractivity contribution < 1.29 is 17.9 Å². The number of ether oxygens (including phenoxy) is 1. The molecule has 2 aromatic carbocycles. The first-order chi connectivity index (χ1) is 13.2. The van der Waals surface area contributed by atoms with Crippen molar-refractivity contribution in [2.24, 2.45) is 0 Å². The molecule has 0 aliphatic carbocycles. The van der Waals surface area contributed by atoms with Gasteiger partial charge in [0.15, 0.2) is 6.61 Å². The van der Waals surface area contributed by atoms with E-state index in [1.54, 1.807) is 44.2 Å². The molecule has 6 nitrogen and oxygen atoms in total. The topological polar surface area (TPSA) is 75.7 Å². The molecule has 0 bridgehead atoms. The molecule has 2 rings (SSSR count).